The molecule has 1 aliphatic carbocycles. The molecule has 1 saturated carbocycles. The smallest absolute Gasteiger partial charge is 0.223 e. The molecule has 0 radical (unpaired) electrons. The summed E-state index contributed by atoms with van der Waals surface area (Å²) in [6, 6.07) is 11.5. The van der Waals surface area contributed by atoms with Crippen LogP contribution in [-0.2, 0) is 11.3 Å². The van der Waals surface area contributed by atoms with Gasteiger partial charge in [-0.3, -0.25) is 9.69 Å². The second-order valence-corrected chi connectivity index (χ2v) is 7.57. The van der Waals surface area contributed by atoms with Gasteiger partial charge in [0.1, 0.15) is 0 Å². The molecule has 3 rings (SSSR count). The summed E-state index contributed by atoms with van der Waals surface area (Å²) >= 11 is 0. The molecule has 0 spiro atoms. The van der Waals surface area contributed by atoms with Crippen LogP contribution >= 0.6 is 24.8 Å². The van der Waals surface area contributed by atoms with Crippen LogP contribution in [0.15, 0.2) is 30.3 Å². The summed E-state index contributed by atoms with van der Waals surface area (Å²) in [7, 11) is 0. The van der Waals surface area contributed by atoms with Crippen LogP contribution in [0.2, 0.25) is 0 Å². The number of rotatable bonds is 5. The van der Waals surface area contributed by atoms with E-state index >= 15 is 0 Å². The molecular formula is C20H33Cl2N3O. The Bertz CT molecular complexity index is 543. The summed E-state index contributed by atoms with van der Waals surface area (Å²) in [5, 5.41) is 3.32. The van der Waals surface area contributed by atoms with Crippen LogP contribution in [0.4, 0.5) is 0 Å². The Morgan fingerprint density at radius 1 is 1.19 bits per heavy atom. The Morgan fingerprint density at radius 3 is 2.58 bits per heavy atom. The van der Waals surface area contributed by atoms with E-state index < -0.39 is 0 Å². The highest BCUT2D eigenvalue weighted by molar-refractivity contribution is 5.85. The highest BCUT2D eigenvalue weighted by Crippen LogP contribution is 2.31. The molecule has 2 unspecified atom stereocenters. The number of halogens is 2. The third kappa shape index (κ3) is 5.85. The van der Waals surface area contributed by atoms with E-state index in [1.165, 1.54) is 5.56 Å². The number of hydrogen-bond donors (Lipinski definition) is 2. The number of amides is 1. The lowest BCUT2D eigenvalue weighted by atomic mass is 9.93. The van der Waals surface area contributed by atoms with E-state index in [9.17, 15) is 4.79 Å². The third-order valence-electron chi connectivity index (χ3n) is 5.89. The maximum atomic E-state index is 12.6. The predicted octanol–water partition coefficient (Wildman–Crippen LogP) is 3.37. The molecule has 148 valence electrons. The van der Waals surface area contributed by atoms with E-state index in [4.69, 9.17) is 5.73 Å². The molecule has 1 aliphatic heterocycles. The Hall–Kier alpha value is -0.810. The van der Waals surface area contributed by atoms with Gasteiger partial charge in [-0.25, -0.2) is 0 Å². The average molecular weight is 402 g/mol. The van der Waals surface area contributed by atoms with Crippen LogP contribution in [0.5, 0.6) is 0 Å². The van der Waals surface area contributed by atoms with E-state index in [0.29, 0.717) is 24.5 Å². The number of nitrogens with two attached hydrogens (primary N) is 1. The average Bonchev–Trinajstić information content (AvgIpc) is 3.07. The Balaban J connectivity index is 0.00000169. The Kier molecular flexibility index (Phi) is 9.94. The van der Waals surface area contributed by atoms with Crippen molar-refractivity contribution in [3.8, 4) is 0 Å². The van der Waals surface area contributed by atoms with Crippen LogP contribution < -0.4 is 11.1 Å². The molecule has 0 bridgehead atoms. The van der Waals surface area contributed by atoms with Crippen molar-refractivity contribution >= 4 is 30.7 Å². The number of carbonyl (C=O) groups is 1. The molecule has 4 nitrogen and oxygen atoms in total. The highest BCUT2D eigenvalue weighted by atomic mass is 35.5. The molecule has 1 amide bonds. The lowest BCUT2D eigenvalue weighted by molar-refractivity contribution is -0.127. The van der Waals surface area contributed by atoms with Crippen LogP contribution in [0.25, 0.3) is 0 Å². The van der Waals surface area contributed by atoms with Crippen molar-refractivity contribution in [1.29, 1.82) is 0 Å². The highest BCUT2D eigenvalue weighted by Gasteiger charge is 2.34. The SMILES string of the molecule is CC1CC(NC(=O)[C@@H]2CCC[C@@H]2CN)CCN1Cc1ccccc1.Cl.Cl. The quantitative estimate of drug-likeness (QED) is 0.794. The van der Waals surface area contributed by atoms with Crippen LogP contribution in [0.3, 0.4) is 0 Å². The monoisotopic (exact) mass is 401 g/mol. The van der Waals surface area contributed by atoms with Crippen molar-refractivity contribution in [1.82, 2.24) is 10.2 Å². The van der Waals surface area contributed by atoms with Crippen LogP contribution in [-0.4, -0.2) is 36.0 Å². The van der Waals surface area contributed by atoms with Gasteiger partial charge in [0.05, 0.1) is 0 Å². The number of piperidine rings is 1. The van der Waals surface area contributed by atoms with Gasteiger partial charge in [-0.2, -0.15) is 0 Å². The summed E-state index contributed by atoms with van der Waals surface area (Å²) < 4.78 is 0. The molecule has 6 heteroatoms. The van der Waals surface area contributed by atoms with Gasteiger partial charge in [0, 0.05) is 31.1 Å². The van der Waals surface area contributed by atoms with Gasteiger partial charge in [0.2, 0.25) is 5.91 Å². The summed E-state index contributed by atoms with van der Waals surface area (Å²) in [6.45, 7) is 4.97. The van der Waals surface area contributed by atoms with E-state index in [1.54, 1.807) is 0 Å². The minimum Gasteiger partial charge on any atom is -0.353 e. The lowest BCUT2D eigenvalue weighted by Gasteiger charge is -2.38. The number of carbonyl (C=O) groups excluding carboxylic acids is 1. The molecule has 1 aromatic carbocycles. The van der Waals surface area contributed by atoms with Crippen molar-refractivity contribution in [3.05, 3.63) is 35.9 Å². The first-order valence-electron chi connectivity index (χ1n) is 9.45. The van der Waals surface area contributed by atoms with Crippen LogP contribution in [0.1, 0.15) is 44.6 Å². The fraction of sp³-hybridized carbons (Fsp3) is 0.650. The van der Waals surface area contributed by atoms with Crippen molar-refractivity contribution in [3.63, 3.8) is 0 Å². The van der Waals surface area contributed by atoms with Crippen LogP contribution in [0, 0.1) is 11.8 Å². The zero-order valence-electron chi connectivity index (χ0n) is 15.6. The molecule has 2 fully saturated rings. The van der Waals surface area contributed by atoms with Crippen molar-refractivity contribution in [2.24, 2.45) is 17.6 Å². The largest absolute Gasteiger partial charge is 0.353 e. The molecule has 4 atom stereocenters. The number of benzene rings is 1. The van der Waals surface area contributed by atoms with Crippen molar-refractivity contribution in [2.45, 2.75) is 57.7 Å². The molecule has 1 heterocycles. The number of hydrogen-bond acceptors (Lipinski definition) is 3. The molecular weight excluding hydrogens is 369 g/mol. The number of nitrogens with zero attached hydrogens (tertiary/aromatic N) is 1. The van der Waals surface area contributed by atoms with Gasteiger partial charge in [0.15, 0.2) is 0 Å². The predicted molar refractivity (Wildman–Crippen MR) is 112 cm³/mol. The zero-order valence-corrected chi connectivity index (χ0v) is 17.2. The van der Waals surface area contributed by atoms with Gasteiger partial charge in [-0.05, 0) is 50.6 Å². The summed E-state index contributed by atoms with van der Waals surface area (Å²) in [4.78, 5) is 15.1. The number of likely N-dealkylation sites (tertiary alicyclic amines) is 1. The molecule has 1 aromatic rings. The maximum Gasteiger partial charge on any atom is 0.223 e. The lowest BCUT2D eigenvalue weighted by Crippen LogP contribution is -2.50. The van der Waals surface area contributed by atoms with Crippen molar-refractivity contribution in [2.75, 3.05) is 13.1 Å². The van der Waals surface area contributed by atoms with E-state index in [2.05, 4.69) is 47.5 Å². The second-order valence-electron chi connectivity index (χ2n) is 7.57. The first-order valence-corrected chi connectivity index (χ1v) is 9.45. The maximum absolute atomic E-state index is 12.6. The minimum absolute atomic E-state index is 0. The third-order valence-corrected chi connectivity index (χ3v) is 5.89. The Labute approximate surface area is 170 Å². The first kappa shape index (κ1) is 23.2. The minimum atomic E-state index is 0. The summed E-state index contributed by atoms with van der Waals surface area (Å²) in [5.41, 5.74) is 7.19. The number of nitrogens with one attached hydrogen (secondary N) is 1. The van der Waals surface area contributed by atoms with E-state index in [0.717, 1.165) is 45.2 Å². The standard InChI is InChI=1S/C20H31N3O.2ClH/c1-15-12-18(22-20(24)19-9-5-8-17(19)13-21)10-11-23(15)14-16-6-3-2-4-7-16;;/h2-4,6-7,15,17-19H,5,8-14,21H2,1H3,(H,22,24);2*1H/t15?,17-,18?,19-;;/m1../s1. The molecule has 26 heavy (non-hydrogen) atoms. The molecule has 3 N–H and O–H groups in total. The van der Waals surface area contributed by atoms with Gasteiger partial charge in [0.25, 0.3) is 0 Å². The summed E-state index contributed by atoms with van der Waals surface area (Å²) in [6.07, 6.45) is 5.35. The van der Waals surface area contributed by atoms with Gasteiger partial charge in [-0.15, -0.1) is 24.8 Å². The molecule has 1 saturated heterocycles. The van der Waals surface area contributed by atoms with Gasteiger partial charge < -0.3 is 11.1 Å². The summed E-state index contributed by atoms with van der Waals surface area (Å²) in [5.74, 6) is 0.782. The van der Waals surface area contributed by atoms with Gasteiger partial charge >= 0.3 is 0 Å². The zero-order chi connectivity index (χ0) is 16.9. The van der Waals surface area contributed by atoms with Crippen molar-refractivity contribution < 1.29 is 4.79 Å². The Morgan fingerprint density at radius 2 is 1.92 bits per heavy atom. The first-order chi connectivity index (χ1) is 11.7. The molecule has 0 aromatic heterocycles. The second kappa shape index (κ2) is 11.1. The molecule has 2 aliphatic rings. The van der Waals surface area contributed by atoms with E-state index in [1.807, 2.05) is 0 Å². The van der Waals surface area contributed by atoms with E-state index in [-0.39, 0.29) is 36.6 Å². The van der Waals surface area contributed by atoms with Gasteiger partial charge in [-0.1, -0.05) is 36.8 Å². The fourth-order valence-electron chi connectivity index (χ4n) is 4.38. The normalized spacial score (nSPS) is 28.7. The topological polar surface area (TPSA) is 58.4 Å². The fourth-order valence-corrected chi connectivity index (χ4v) is 4.38.